The van der Waals surface area contributed by atoms with Crippen molar-refractivity contribution in [2.75, 3.05) is 13.1 Å². The second-order valence-corrected chi connectivity index (χ2v) is 7.50. The molecule has 0 unspecified atom stereocenters. The van der Waals surface area contributed by atoms with Gasteiger partial charge in [-0.15, -0.1) is 0 Å². The molecule has 162 valence electrons. The standard InChI is InChI=1S/C18H28N4O7/c1-10(19)16(26)21-8-2-4-12(21)15(25)20-11(6-7-14(23)24)17(27)22-9-3-5-13(22)18(28)29/h10-13H,2-9,19H2,1H3,(H,20,25)(H,23,24)(H,28,29)/t10-,11-,12-,13-/m0/s1. The minimum atomic E-state index is -1.17. The van der Waals surface area contributed by atoms with Crippen LogP contribution in [0.1, 0.15) is 45.4 Å². The lowest BCUT2D eigenvalue weighted by molar-refractivity contribution is -0.150. The number of nitrogens with zero attached hydrogens (tertiary/aromatic N) is 2. The van der Waals surface area contributed by atoms with Crippen LogP contribution >= 0.6 is 0 Å². The summed E-state index contributed by atoms with van der Waals surface area (Å²) in [5, 5.41) is 20.8. The van der Waals surface area contributed by atoms with Crippen LogP contribution in [0.15, 0.2) is 0 Å². The molecule has 3 amide bonds. The van der Waals surface area contributed by atoms with Crippen molar-refractivity contribution < 1.29 is 34.2 Å². The van der Waals surface area contributed by atoms with Crippen LogP contribution in [0.4, 0.5) is 0 Å². The van der Waals surface area contributed by atoms with E-state index in [0.29, 0.717) is 32.2 Å². The number of amides is 3. The Morgan fingerprint density at radius 2 is 1.55 bits per heavy atom. The highest BCUT2D eigenvalue weighted by molar-refractivity contribution is 5.94. The van der Waals surface area contributed by atoms with E-state index >= 15 is 0 Å². The van der Waals surface area contributed by atoms with E-state index in [0.717, 1.165) is 0 Å². The molecule has 29 heavy (non-hydrogen) atoms. The molecule has 4 atom stereocenters. The third kappa shape index (κ3) is 5.43. The minimum absolute atomic E-state index is 0.170. The van der Waals surface area contributed by atoms with Gasteiger partial charge in [0, 0.05) is 19.5 Å². The molecular formula is C18H28N4O7. The Morgan fingerprint density at radius 3 is 2.07 bits per heavy atom. The van der Waals surface area contributed by atoms with Crippen LogP contribution in [0.2, 0.25) is 0 Å². The summed E-state index contributed by atoms with van der Waals surface area (Å²) in [6, 6.07) is -3.72. The number of hydrogen-bond acceptors (Lipinski definition) is 6. The van der Waals surface area contributed by atoms with Gasteiger partial charge in [0.25, 0.3) is 0 Å². The topological polar surface area (TPSA) is 170 Å². The van der Waals surface area contributed by atoms with Crippen LogP contribution in [0, 0.1) is 0 Å². The van der Waals surface area contributed by atoms with E-state index in [2.05, 4.69) is 5.32 Å². The highest BCUT2D eigenvalue weighted by atomic mass is 16.4. The van der Waals surface area contributed by atoms with Gasteiger partial charge in [-0.25, -0.2) is 4.79 Å². The van der Waals surface area contributed by atoms with Gasteiger partial charge >= 0.3 is 11.9 Å². The summed E-state index contributed by atoms with van der Waals surface area (Å²) >= 11 is 0. The predicted octanol–water partition coefficient (Wildman–Crippen LogP) is -1.25. The first-order valence-electron chi connectivity index (χ1n) is 9.75. The molecule has 2 aliphatic rings. The number of rotatable bonds is 8. The van der Waals surface area contributed by atoms with Crippen LogP contribution in [0.3, 0.4) is 0 Å². The van der Waals surface area contributed by atoms with E-state index in [9.17, 15) is 29.1 Å². The molecular weight excluding hydrogens is 384 g/mol. The van der Waals surface area contributed by atoms with Gasteiger partial charge in [0.2, 0.25) is 17.7 Å². The summed E-state index contributed by atoms with van der Waals surface area (Å²) in [5.41, 5.74) is 5.63. The molecule has 11 nitrogen and oxygen atoms in total. The average Bonchev–Trinajstić information content (AvgIpc) is 3.32. The molecule has 0 aromatic heterocycles. The summed E-state index contributed by atoms with van der Waals surface area (Å²) in [7, 11) is 0. The second-order valence-electron chi connectivity index (χ2n) is 7.50. The zero-order valence-electron chi connectivity index (χ0n) is 16.4. The van der Waals surface area contributed by atoms with Gasteiger partial charge in [-0.1, -0.05) is 0 Å². The molecule has 11 heteroatoms. The Hall–Kier alpha value is -2.69. The molecule has 0 aromatic rings. The van der Waals surface area contributed by atoms with E-state index in [1.54, 1.807) is 0 Å². The number of carboxylic acid groups (broad SMARTS) is 2. The van der Waals surface area contributed by atoms with Crippen molar-refractivity contribution in [3.05, 3.63) is 0 Å². The Labute approximate surface area is 168 Å². The summed E-state index contributed by atoms with van der Waals surface area (Å²) < 4.78 is 0. The smallest absolute Gasteiger partial charge is 0.326 e. The first kappa shape index (κ1) is 22.6. The number of nitrogens with two attached hydrogens (primary N) is 1. The van der Waals surface area contributed by atoms with Gasteiger partial charge in [-0.3, -0.25) is 19.2 Å². The van der Waals surface area contributed by atoms with Crippen LogP contribution < -0.4 is 11.1 Å². The van der Waals surface area contributed by atoms with Gasteiger partial charge in [-0.05, 0) is 39.0 Å². The van der Waals surface area contributed by atoms with Crippen LogP contribution in [-0.2, 0) is 24.0 Å². The van der Waals surface area contributed by atoms with Crippen molar-refractivity contribution >= 4 is 29.7 Å². The van der Waals surface area contributed by atoms with E-state index in [1.807, 2.05) is 0 Å². The highest BCUT2D eigenvalue weighted by Crippen LogP contribution is 2.21. The molecule has 0 bridgehead atoms. The fourth-order valence-electron chi connectivity index (χ4n) is 3.85. The monoisotopic (exact) mass is 412 g/mol. The number of carbonyl (C=O) groups excluding carboxylic acids is 3. The molecule has 0 aliphatic carbocycles. The summed E-state index contributed by atoms with van der Waals surface area (Å²) in [5.74, 6) is -3.83. The Balaban J connectivity index is 2.14. The molecule has 0 aromatic carbocycles. The Kier molecular flexibility index (Phi) is 7.54. The van der Waals surface area contributed by atoms with Gasteiger partial charge in [0.1, 0.15) is 18.1 Å². The predicted molar refractivity (Wildman–Crippen MR) is 99.6 cm³/mol. The van der Waals surface area contributed by atoms with E-state index < -0.39 is 47.9 Å². The van der Waals surface area contributed by atoms with Crippen molar-refractivity contribution in [1.82, 2.24) is 15.1 Å². The summed E-state index contributed by atoms with van der Waals surface area (Å²) in [6.07, 6.45) is 1.30. The molecule has 5 N–H and O–H groups in total. The zero-order chi connectivity index (χ0) is 21.7. The third-order valence-corrected chi connectivity index (χ3v) is 5.31. The molecule has 0 spiro atoms. The normalized spacial score (nSPS) is 23.5. The maximum Gasteiger partial charge on any atom is 0.326 e. The number of nitrogens with one attached hydrogen (secondary N) is 1. The fraction of sp³-hybridized carbons (Fsp3) is 0.722. The average molecular weight is 412 g/mol. The summed E-state index contributed by atoms with van der Waals surface area (Å²) in [4.78, 5) is 62.8. The molecule has 2 saturated heterocycles. The first-order valence-corrected chi connectivity index (χ1v) is 9.75. The van der Waals surface area contributed by atoms with Crippen molar-refractivity contribution in [3.8, 4) is 0 Å². The second kappa shape index (κ2) is 9.68. The van der Waals surface area contributed by atoms with Crippen LogP contribution in [0.25, 0.3) is 0 Å². The Morgan fingerprint density at radius 1 is 1.00 bits per heavy atom. The minimum Gasteiger partial charge on any atom is -0.481 e. The molecule has 2 fully saturated rings. The highest BCUT2D eigenvalue weighted by Gasteiger charge is 2.40. The van der Waals surface area contributed by atoms with E-state index in [-0.39, 0.29) is 25.3 Å². The fourth-order valence-corrected chi connectivity index (χ4v) is 3.85. The molecule has 2 rings (SSSR count). The van der Waals surface area contributed by atoms with E-state index in [1.165, 1.54) is 16.7 Å². The lowest BCUT2D eigenvalue weighted by Crippen LogP contribution is -2.56. The lowest BCUT2D eigenvalue weighted by atomic mass is 10.1. The zero-order valence-corrected chi connectivity index (χ0v) is 16.4. The number of aliphatic carboxylic acids is 2. The van der Waals surface area contributed by atoms with Gasteiger partial charge in [0.15, 0.2) is 0 Å². The summed E-state index contributed by atoms with van der Waals surface area (Å²) in [6.45, 7) is 2.13. The van der Waals surface area contributed by atoms with Crippen molar-refractivity contribution in [2.45, 2.75) is 69.6 Å². The first-order chi connectivity index (χ1) is 13.6. The van der Waals surface area contributed by atoms with Crippen molar-refractivity contribution in [2.24, 2.45) is 5.73 Å². The van der Waals surface area contributed by atoms with E-state index in [4.69, 9.17) is 10.8 Å². The molecule has 0 radical (unpaired) electrons. The number of carbonyl (C=O) groups is 5. The third-order valence-electron chi connectivity index (χ3n) is 5.31. The van der Waals surface area contributed by atoms with Crippen LogP contribution in [-0.4, -0.2) is 86.9 Å². The SMILES string of the molecule is C[C@H](N)C(=O)N1CCC[C@H]1C(=O)N[C@@H](CCC(=O)O)C(=O)N1CCC[C@H]1C(=O)O. The molecule has 2 heterocycles. The number of carboxylic acids is 2. The maximum atomic E-state index is 12.9. The lowest BCUT2D eigenvalue weighted by Gasteiger charge is -2.30. The van der Waals surface area contributed by atoms with Crippen LogP contribution in [0.5, 0.6) is 0 Å². The van der Waals surface area contributed by atoms with Crippen molar-refractivity contribution in [3.63, 3.8) is 0 Å². The van der Waals surface area contributed by atoms with Gasteiger partial charge in [-0.2, -0.15) is 0 Å². The largest absolute Gasteiger partial charge is 0.481 e. The van der Waals surface area contributed by atoms with Gasteiger partial charge < -0.3 is 31.1 Å². The van der Waals surface area contributed by atoms with Gasteiger partial charge in [0.05, 0.1) is 6.04 Å². The number of hydrogen-bond donors (Lipinski definition) is 4. The maximum absolute atomic E-state index is 12.9. The molecule has 0 saturated carbocycles. The Bertz CT molecular complexity index is 681. The number of likely N-dealkylation sites (tertiary alicyclic amines) is 2. The van der Waals surface area contributed by atoms with Crippen molar-refractivity contribution in [1.29, 1.82) is 0 Å². The molecule has 2 aliphatic heterocycles. The quantitative estimate of drug-likeness (QED) is 0.383.